The van der Waals surface area contributed by atoms with Crippen LogP contribution in [0, 0.1) is 6.92 Å². The Bertz CT molecular complexity index is 1020. The maximum absolute atomic E-state index is 12.6. The number of aryl methyl sites for hydroxylation is 1. The molecule has 0 unspecified atom stereocenters. The number of methoxy groups -OCH3 is 3. The third-order valence-corrected chi connectivity index (χ3v) is 5.09. The fraction of sp³-hybridized carbons (Fsp3) is 0.200. The number of hydrogen-bond donors (Lipinski definition) is 1. The summed E-state index contributed by atoms with van der Waals surface area (Å²) < 4.78 is 15.8. The van der Waals surface area contributed by atoms with Crippen molar-refractivity contribution in [3.05, 3.63) is 51.9 Å². The summed E-state index contributed by atoms with van der Waals surface area (Å²) in [4.78, 5) is 17.1. The highest BCUT2D eigenvalue weighted by atomic mass is 35.5. The van der Waals surface area contributed by atoms with Gasteiger partial charge in [-0.25, -0.2) is 4.98 Å². The molecule has 0 atom stereocenters. The molecule has 28 heavy (non-hydrogen) atoms. The molecule has 146 valence electrons. The number of anilines is 1. The number of carbonyl (C=O) groups is 1. The summed E-state index contributed by atoms with van der Waals surface area (Å²) in [5.74, 6) is 1.13. The van der Waals surface area contributed by atoms with Crippen LogP contribution in [0.3, 0.4) is 0 Å². The van der Waals surface area contributed by atoms with Crippen molar-refractivity contribution < 1.29 is 19.0 Å². The number of ether oxygens (including phenoxy) is 3. The maximum atomic E-state index is 12.6. The number of benzene rings is 2. The van der Waals surface area contributed by atoms with Crippen LogP contribution in [0.15, 0.2) is 35.7 Å². The molecule has 0 aliphatic rings. The molecule has 0 aliphatic heterocycles. The Hall–Kier alpha value is -2.77. The van der Waals surface area contributed by atoms with Crippen molar-refractivity contribution >= 4 is 34.0 Å². The zero-order chi connectivity index (χ0) is 20.3. The van der Waals surface area contributed by atoms with E-state index in [0.29, 0.717) is 22.2 Å². The molecular formula is C20H19ClN2O4S. The number of aromatic nitrogens is 1. The predicted octanol–water partition coefficient (Wildman–Crippen LogP) is 5.05. The monoisotopic (exact) mass is 418 g/mol. The van der Waals surface area contributed by atoms with Crippen LogP contribution < -0.4 is 19.5 Å². The van der Waals surface area contributed by atoms with Crippen molar-refractivity contribution in [3.63, 3.8) is 0 Å². The van der Waals surface area contributed by atoms with E-state index >= 15 is 0 Å². The number of nitrogens with zero attached hydrogens (tertiary/aromatic N) is 1. The van der Waals surface area contributed by atoms with Gasteiger partial charge in [0.05, 0.1) is 32.0 Å². The highest BCUT2D eigenvalue weighted by Crippen LogP contribution is 2.37. The molecule has 3 rings (SSSR count). The summed E-state index contributed by atoms with van der Waals surface area (Å²) in [6.07, 6.45) is 0. The van der Waals surface area contributed by atoms with E-state index < -0.39 is 0 Å². The van der Waals surface area contributed by atoms with Crippen molar-refractivity contribution in [1.29, 1.82) is 0 Å². The summed E-state index contributed by atoms with van der Waals surface area (Å²) in [7, 11) is 4.59. The van der Waals surface area contributed by atoms with Crippen LogP contribution in [0.2, 0.25) is 5.02 Å². The molecule has 2 aromatic carbocycles. The molecular weight excluding hydrogens is 400 g/mol. The minimum Gasteiger partial charge on any atom is -0.496 e. The molecule has 6 nitrogen and oxygen atoms in total. The molecule has 8 heteroatoms. The first-order valence-electron chi connectivity index (χ1n) is 8.30. The fourth-order valence-electron chi connectivity index (χ4n) is 2.70. The van der Waals surface area contributed by atoms with Crippen molar-refractivity contribution in [2.45, 2.75) is 6.92 Å². The van der Waals surface area contributed by atoms with Gasteiger partial charge in [-0.05, 0) is 31.2 Å². The lowest BCUT2D eigenvalue weighted by Crippen LogP contribution is -2.12. The number of amides is 1. The molecule has 0 bridgehead atoms. The number of nitrogens with one attached hydrogen (secondary N) is 1. The lowest BCUT2D eigenvalue weighted by Gasteiger charge is -2.11. The van der Waals surface area contributed by atoms with Crippen LogP contribution in [0.25, 0.3) is 11.3 Å². The van der Waals surface area contributed by atoms with Crippen molar-refractivity contribution in [3.8, 4) is 28.5 Å². The summed E-state index contributed by atoms with van der Waals surface area (Å²) in [6, 6.07) is 8.95. The van der Waals surface area contributed by atoms with E-state index in [0.717, 1.165) is 22.6 Å². The Labute approximate surface area is 172 Å². The van der Waals surface area contributed by atoms with Gasteiger partial charge in [0.1, 0.15) is 5.75 Å². The van der Waals surface area contributed by atoms with Crippen LogP contribution in [0.4, 0.5) is 5.13 Å². The predicted molar refractivity (Wildman–Crippen MR) is 111 cm³/mol. The second-order valence-corrected chi connectivity index (χ2v) is 7.15. The van der Waals surface area contributed by atoms with E-state index in [2.05, 4.69) is 10.3 Å². The Kier molecular flexibility index (Phi) is 6.06. The molecule has 1 amide bonds. The van der Waals surface area contributed by atoms with E-state index in [1.807, 2.05) is 30.5 Å². The van der Waals surface area contributed by atoms with Crippen LogP contribution in [-0.2, 0) is 0 Å². The van der Waals surface area contributed by atoms with E-state index in [9.17, 15) is 4.79 Å². The first-order chi connectivity index (χ1) is 13.5. The van der Waals surface area contributed by atoms with Gasteiger partial charge in [-0.3, -0.25) is 10.1 Å². The molecule has 0 saturated carbocycles. The first kappa shape index (κ1) is 20.0. The number of thiazole rings is 1. The average molecular weight is 419 g/mol. The van der Waals surface area contributed by atoms with E-state index in [-0.39, 0.29) is 10.9 Å². The molecule has 0 aliphatic carbocycles. The van der Waals surface area contributed by atoms with Crippen molar-refractivity contribution in [2.75, 3.05) is 26.6 Å². The zero-order valence-electron chi connectivity index (χ0n) is 15.8. The third kappa shape index (κ3) is 4.05. The van der Waals surface area contributed by atoms with E-state index in [4.69, 9.17) is 25.8 Å². The molecule has 0 spiro atoms. The molecule has 0 fully saturated rings. The summed E-state index contributed by atoms with van der Waals surface area (Å²) in [6.45, 7) is 2.00. The van der Waals surface area contributed by atoms with Gasteiger partial charge in [0, 0.05) is 16.5 Å². The summed E-state index contributed by atoms with van der Waals surface area (Å²) in [5.41, 5.74) is 3.03. The number of rotatable bonds is 6. The molecule has 0 saturated heterocycles. The van der Waals surface area contributed by atoms with Gasteiger partial charge >= 0.3 is 0 Å². The highest BCUT2D eigenvalue weighted by molar-refractivity contribution is 7.14. The third-order valence-electron chi connectivity index (χ3n) is 4.05. The van der Waals surface area contributed by atoms with E-state index in [1.165, 1.54) is 31.6 Å². The quantitative estimate of drug-likeness (QED) is 0.606. The highest BCUT2D eigenvalue weighted by Gasteiger charge is 2.17. The summed E-state index contributed by atoms with van der Waals surface area (Å²) in [5, 5.41) is 5.41. The topological polar surface area (TPSA) is 69.7 Å². The van der Waals surface area contributed by atoms with Gasteiger partial charge in [-0.15, -0.1) is 11.3 Å². The summed E-state index contributed by atoms with van der Waals surface area (Å²) >= 11 is 7.51. The van der Waals surface area contributed by atoms with E-state index in [1.54, 1.807) is 13.2 Å². The maximum Gasteiger partial charge on any atom is 0.257 e. The Morgan fingerprint density at radius 3 is 2.50 bits per heavy atom. The number of carbonyl (C=O) groups excluding carboxylic acids is 1. The van der Waals surface area contributed by atoms with Crippen LogP contribution in [0.5, 0.6) is 17.2 Å². The van der Waals surface area contributed by atoms with Gasteiger partial charge in [0.25, 0.3) is 5.91 Å². The largest absolute Gasteiger partial charge is 0.496 e. The van der Waals surface area contributed by atoms with Crippen LogP contribution in [-0.4, -0.2) is 32.2 Å². The molecule has 1 N–H and O–H groups in total. The van der Waals surface area contributed by atoms with Gasteiger partial charge in [-0.1, -0.05) is 23.2 Å². The number of hydrogen-bond acceptors (Lipinski definition) is 6. The zero-order valence-corrected chi connectivity index (χ0v) is 17.4. The van der Waals surface area contributed by atoms with Crippen molar-refractivity contribution in [2.24, 2.45) is 0 Å². The van der Waals surface area contributed by atoms with Crippen LogP contribution in [0.1, 0.15) is 15.9 Å². The van der Waals surface area contributed by atoms with Gasteiger partial charge < -0.3 is 14.2 Å². The molecule has 0 radical (unpaired) electrons. The molecule has 3 aromatic rings. The minimum atomic E-state index is -0.347. The second kappa shape index (κ2) is 8.50. The van der Waals surface area contributed by atoms with Crippen molar-refractivity contribution in [1.82, 2.24) is 4.98 Å². The lowest BCUT2D eigenvalue weighted by molar-refractivity contribution is 0.102. The Morgan fingerprint density at radius 1 is 1.07 bits per heavy atom. The Morgan fingerprint density at radius 2 is 1.82 bits per heavy atom. The van der Waals surface area contributed by atoms with Gasteiger partial charge in [0.15, 0.2) is 16.6 Å². The van der Waals surface area contributed by atoms with Gasteiger partial charge in [-0.2, -0.15) is 0 Å². The fourth-order valence-corrected chi connectivity index (χ4v) is 3.69. The normalized spacial score (nSPS) is 10.5. The van der Waals surface area contributed by atoms with Crippen LogP contribution >= 0.6 is 22.9 Å². The Balaban J connectivity index is 1.85. The minimum absolute atomic E-state index is 0.288. The first-order valence-corrected chi connectivity index (χ1v) is 9.56. The smallest absolute Gasteiger partial charge is 0.257 e. The standard InChI is InChI=1S/C20H19ClN2O4S/c1-11-5-6-16(25-2)13(7-11)15-10-28-20(22-15)23-19(24)12-8-14(21)18(27-4)17(9-12)26-3/h5-10H,1-4H3,(H,22,23,24). The lowest BCUT2D eigenvalue weighted by atomic mass is 10.1. The second-order valence-electron chi connectivity index (χ2n) is 5.89. The SMILES string of the molecule is COc1ccc(C)cc1-c1csc(NC(=O)c2cc(Cl)c(OC)c(OC)c2)n1. The number of halogens is 1. The van der Waals surface area contributed by atoms with Gasteiger partial charge in [0.2, 0.25) is 0 Å². The molecule has 1 aromatic heterocycles. The molecule has 1 heterocycles. The average Bonchev–Trinajstić information content (AvgIpc) is 3.15.